The number of nitrogens with zero attached hydrogens (tertiary/aromatic N) is 3. The average molecular weight is 381 g/mol. The Balaban J connectivity index is 2.03. The first-order valence-electron chi connectivity index (χ1n) is 9.55. The van der Waals surface area contributed by atoms with Crippen LogP contribution in [0.3, 0.4) is 0 Å². The molecule has 0 radical (unpaired) electrons. The number of nitro benzene ring substituents is 1. The van der Waals surface area contributed by atoms with Gasteiger partial charge >= 0.3 is 0 Å². The van der Waals surface area contributed by atoms with E-state index in [4.69, 9.17) is 4.74 Å². The lowest BCUT2D eigenvalue weighted by Crippen LogP contribution is -2.48. The number of hydrogen-bond acceptors (Lipinski definition) is 5. The predicted molar refractivity (Wildman–Crippen MR) is 113 cm³/mol. The summed E-state index contributed by atoms with van der Waals surface area (Å²) in [4.78, 5) is 17.4. The molecule has 1 unspecified atom stereocenters. The maximum atomic E-state index is 11.0. The van der Waals surface area contributed by atoms with Gasteiger partial charge in [0.2, 0.25) is 0 Å². The van der Waals surface area contributed by atoms with Gasteiger partial charge < -0.3 is 9.64 Å². The lowest BCUT2D eigenvalue weighted by molar-refractivity contribution is -0.384. The third-order valence-electron chi connectivity index (χ3n) is 5.45. The van der Waals surface area contributed by atoms with Crippen molar-refractivity contribution in [3.63, 3.8) is 0 Å². The molecule has 0 saturated carbocycles. The van der Waals surface area contributed by atoms with Crippen LogP contribution in [-0.4, -0.2) is 30.3 Å². The van der Waals surface area contributed by atoms with Crippen molar-refractivity contribution in [2.75, 3.05) is 18.6 Å². The van der Waals surface area contributed by atoms with Crippen LogP contribution in [0.5, 0.6) is 5.75 Å². The fourth-order valence-corrected chi connectivity index (χ4v) is 4.23. The van der Waals surface area contributed by atoms with Gasteiger partial charge in [0.05, 0.1) is 17.7 Å². The minimum atomic E-state index is -0.415. The van der Waals surface area contributed by atoms with Crippen LogP contribution in [0.25, 0.3) is 0 Å². The summed E-state index contributed by atoms with van der Waals surface area (Å²) in [6, 6.07) is 10.5. The summed E-state index contributed by atoms with van der Waals surface area (Å²) >= 11 is 0. The van der Waals surface area contributed by atoms with Crippen LogP contribution in [0, 0.1) is 10.1 Å². The summed E-state index contributed by atoms with van der Waals surface area (Å²) in [6.07, 6.45) is 2.79. The highest BCUT2D eigenvalue weighted by Crippen LogP contribution is 2.45. The van der Waals surface area contributed by atoms with Crippen molar-refractivity contribution < 1.29 is 9.66 Å². The highest BCUT2D eigenvalue weighted by molar-refractivity contribution is 5.88. The number of methoxy groups -OCH3 is 1. The third kappa shape index (κ3) is 3.72. The van der Waals surface area contributed by atoms with Gasteiger partial charge in [0.25, 0.3) is 5.69 Å². The highest BCUT2D eigenvalue weighted by Gasteiger charge is 2.36. The highest BCUT2D eigenvalue weighted by atomic mass is 16.6. The van der Waals surface area contributed by atoms with Gasteiger partial charge in [-0.1, -0.05) is 13.0 Å². The van der Waals surface area contributed by atoms with Gasteiger partial charge in [0.1, 0.15) is 5.75 Å². The fraction of sp³-hybridized carbons (Fsp3) is 0.409. The first kappa shape index (κ1) is 19.9. The average Bonchev–Trinajstić information content (AvgIpc) is 2.65. The molecule has 0 bridgehead atoms. The Hall–Kier alpha value is -2.89. The maximum absolute atomic E-state index is 11.0. The summed E-state index contributed by atoms with van der Waals surface area (Å²) < 4.78 is 5.63. The molecule has 0 aromatic heterocycles. The minimum absolute atomic E-state index is 0.0292. The van der Waals surface area contributed by atoms with E-state index in [0.29, 0.717) is 11.6 Å². The Bertz CT molecular complexity index is 921. The van der Waals surface area contributed by atoms with Gasteiger partial charge in [-0.3, -0.25) is 15.1 Å². The van der Waals surface area contributed by atoms with Crippen LogP contribution < -0.4 is 9.64 Å². The second kappa shape index (κ2) is 7.62. The Labute approximate surface area is 166 Å². The predicted octanol–water partition coefficient (Wildman–Crippen LogP) is 5.47. The van der Waals surface area contributed by atoms with Crippen LogP contribution in [0.2, 0.25) is 0 Å². The number of nitro groups is 1. The molecule has 0 aliphatic carbocycles. The van der Waals surface area contributed by atoms with Crippen molar-refractivity contribution in [2.45, 2.75) is 45.6 Å². The molecular formula is C22H27N3O3. The molecule has 0 saturated heterocycles. The molecule has 28 heavy (non-hydrogen) atoms. The number of rotatable bonds is 5. The van der Waals surface area contributed by atoms with E-state index in [0.717, 1.165) is 24.3 Å². The van der Waals surface area contributed by atoms with Crippen molar-refractivity contribution in [2.24, 2.45) is 4.99 Å². The van der Waals surface area contributed by atoms with E-state index in [2.05, 4.69) is 49.7 Å². The number of fused-ring (bicyclic) bond motifs is 1. The zero-order valence-corrected chi connectivity index (χ0v) is 17.1. The molecule has 1 aliphatic heterocycles. The van der Waals surface area contributed by atoms with E-state index in [1.807, 2.05) is 0 Å². The van der Waals surface area contributed by atoms with Crippen molar-refractivity contribution in [1.29, 1.82) is 0 Å². The van der Waals surface area contributed by atoms with E-state index >= 15 is 0 Å². The van der Waals surface area contributed by atoms with Gasteiger partial charge in [-0.2, -0.15) is 0 Å². The minimum Gasteiger partial charge on any atom is -0.496 e. The summed E-state index contributed by atoms with van der Waals surface area (Å²) in [6.45, 7) is 9.91. The van der Waals surface area contributed by atoms with E-state index < -0.39 is 4.92 Å². The number of non-ortho nitro benzene ring substituents is 1. The molecule has 0 spiro atoms. The van der Waals surface area contributed by atoms with Crippen molar-refractivity contribution in [1.82, 2.24) is 0 Å². The first-order chi connectivity index (χ1) is 13.3. The lowest BCUT2D eigenvalue weighted by atomic mass is 9.79. The quantitative estimate of drug-likeness (QED) is 0.391. The van der Waals surface area contributed by atoms with Crippen LogP contribution in [0.4, 0.5) is 17.1 Å². The normalized spacial score (nSPS) is 18.2. The zero-order chi connectivity index (χ0) is 20.5. The standard InChI is InChI=1S/C22H27N3O3/c1-6-24-20-12-21(28-5)16(10-19(20)15(2)13-22(24,3)4)14-23-17-8-7-9-18(11-17)25(26)27/h7-12,14-15H,6,13H2,1-5H3. The second-order valence-electron chi connectivity index (χ2n) is 7.85. The molecular weight excluding hydrogens is 354 g/mol. The molecule has 0 amide bonds. The molecule has 0 N–H and O–H groups in total. The number of ether oxygens (including phenoxy) is 1. The molecule has 1 atom stereocenters. The van der Waals surface area contributed by atoms with E-state index in [9.17, 15) is 10.1 Å². The molecule has 2 aromatic carbocycles. The van der Waals surface area contributed by atoms with Crippen molar-refractivity contribution >= 4 is 23.3 Å². The lowest BCUT2D eigenvalue weighted by Gasteiger charge is -2.47. The largest absolute Gasteiger partial charge is 0.496 e. The molecule has 1 heterocycles. The summed E-state index contributed by atoms with van der Waals surface area (Å²) in [5.41, 5.74) is 4.01. The van der Waals surface area contributed by atoms with Gasteiger partial charge in [0, 0.05) is 47.7 Å². The van der Waals surface area contributed by atoms with Gasteiger partial charge in [-0.05, 0) is 50.8 Å². The zero-order valence-electron chi connectivity index (χ0n) is 17.1. The van der Waals surface area contributed by atoms with Crippen LogP contribution in [0.1, 0.15) is 51.2 Å². The van der Waals surface area contributed by atoms with Gasteiger partial charge in [0.15, 0.2) is 0 Å². The third-order valence-corrected chi connectivity index (χ3v) is 5.45. The Morgan fingerprint density at radius 1 is 1.36 bits per heavy atom. The van der Waals surface area contributed by atoms with E-state index in [-0.39, 0.29) is 11.2 Å². The molecule has 148 valence electrons. The SMILES string of the molecule is CCN1c2cc(OC)c(C=Nc3cccc([N+](=O)[O-])c3)cc2C(C)CC1(C)C. The van der Waals surface area contributed by atoms with Gasteiger partial charge in [-0.15, -0.1) is 0 Å². The van der Waals surface area contributed by atoms with Crippen molar-refractivity contribution in [3.05, 3.63) is 57.6 Å². The molecule has 2 aromatic rings. The van der Waals surface area contributed by atoms with Gasteiger partial charge in [-0.25, -0.2) is 0 Å². The van der Waals surface area contributed by atoms with Crippen molar-refractivity contribution in [3.8, 4) is 5.75 Å². The number of anilines is 1. The number of aliphatic imine (C=N–C) groups is 1. The summed E-state index contributed by atoms with van der Waals surface area (Å²) in [5, 5.41) is 11.0. The monoisotopic (exact) mass is 381 g/mol. The first-order valence-corrected chi connectivity index (χ1v) is 9.55. The van der Waals surface area contributed by atoms with Crippen LogP contribution in [-0.2, 0) is 0 Å². The smallest absolute Gasteiger partial charge is 0.271 e. The molecule has 6 nitrogen and oxygen atoms in total. The molecule has 3 rings (SSSR count). The summed E-state index contributed by atoms with van der Waals surface area (Å²) in [5.74, 6) is 1.17. The Kier molecular flexibility index (Phi) is 5.40. The molecule has 1 aliphatic rings. The van der Waals surface area contributed by atoms with E-state index in [1.54, 1.807) is 25.5 Å². The van der Waals surface area contributed by atoms with E-state index in [1.165, 1.54) is 23.4 Å². The Morgan fingerprint density at radius 3 is 2.75 bits per heavy atom. The van der Waals surface area contributed by atoms with Crippen LogP contribution in [0.15, 0.2) is 41.4 Å². The Morgan fingerprint density at radius 2 is 2.11 bits per heavy atom. The second-order valence-corrected chi connectivity index (χ2v) is 7.85. The van der Waals surface area contributed by atoms with Crippen LogP contribution >= 0.6 is 0 Å². The topological polar surface area (TPSA) is 68.0 Å². The molecule has 0 fully saturated rings. The number of hydrogen-bond donors (Lipinski definition) is 0. The maximum Gasteiger partial charge on any atom is 0.271 e. The number of benzene rings is 2. The molecule has 6 heteroatoms. The fourth-order valence-electron chi connectivity index (χ4n) is 4.23. The summed E-state index contributed by atoms with van der Waals surface area (Å²) in [7, 11) is 1.65.